The van der Waals surface area contributed by atoms with Crippen LogP contribution < -0.4 is 9.62 Å². The van der Waals surface area contributed by atoms with Gasteiger partial charge < -0.3 is 5.32 Å². The van der Waals surface area contributed by atoms with Crippen LogP contribution in [0.3, 0.4) is 0 Å². The van der Waals surface area contributed by atoms with Crippen LogP contribution in [0.25, 0.3) is 0 Å². The van der Waals surface area contributed by atoms with Crippen LogP contribution >= 0.6 is 11.6 Å². The third kappa shape index (κ3) is 4.73. The molecule has 0 saturated carbocycles. The number of anilines is 2. The average Bonchev–Trinajstić information content (AvgIpc) is 2.75. The maximum atomic E-state index is 13.3. The van der Waals surface area contributed by atoms with Crippen molar-refractivity contribution < 1.29 is 17.6 Å². The highest BCUT2D eigenvalue weighted by atomic mass is 35.5. The van der Waals surface area contributed by atoms with Crippen molar-refractivity contribution in [2.45, 2.75) is 24.2 Å². The second-order valence-corrected chi connectivity index (χ2v) is 9.63. The van der Waals surface area contributed by atoms with Crippen molar-refractivity contribution >= 4 is 38.9 Å². The Morgan fingerprint density at radius 2 is 1.74 bits per heavy atom. The van der Waals surface area contributed by atoms with Crippen LogP contribution in [0, 0.1) is 5.82 Å². The van der Waals surface area contributed by atoms with Crippen LogP contribution in [-0.4, -0.2) is 20.9 Å². The quantitative estimate of drug-likeness (QED) is 0.597. The molecule has 8 heteroatoms. The lowest BCUT2D eigenvalue weighted by atomic mass is 10.0. The van der Waals surface area contributed by atoms with Crippen molar-refractivity contribution in [3.63, 3.8) is 0 Å². The first-order valence-corrected chi connectivity index (χ1v) is 11.6. The zero-order valence-corrected chi connectivity index (χ0v) is 18.1. The highest BCUT2D eigenvalue weighted by molar-refractivity contribution is 7.92. The molecule has 1 aliphatic rings. The summed E-state index contributed by atoms with van der Waals surface area (Å²) < 4.78 is 40.9. The summed E-state index contributed by atoms with van der Waals surface area (Å²) in [6, 6.07) is 17.1. The molecule has 0 saturated heterocycles. The van der Waals surface area contributed by atoms with Crippen molar-refractivity contribution in [1.82, 2.24) is 0 Å². The molecule has 0 radical (unpaired) electrons. The lowest BCUT2D eigenvalue weighted by molar-refractivity contribution is -0.115. The van der Waals surface area contributed by atoms with Crippen molar-refractivity contribution in [2.24, 2.45) is 0 Å². The van der Waals surface area contributed by atoms with Gasteiger partial charge in [-0.1, -0.05) is 29.8 Å². The summed E-state index contributed by atoms with van der Waals surface area (Å²) in [5.74, 6) is -0.713. The van der Waals surface area contributed by atoms with E-state index < -0.39 is 15.8 Å². The van der Waals surface area contributed by atoms with Gasteiger partial charge in [0.2, 0.25) is 5.91 Å². The number of hydrogen-bond donors (Lipinski definition) is 1. The number of benzene rings is 3. The Hall–Kier alpha value is -2.90. The topological polar surface area (TPSA) is 66.5 Å². The van der Waals surface area contributed by atoms with Gasteiger partial charge in [-0.2, -0.15) is 0 Å². The number of carbonyl (C=O) groups excluding carboxylic acids is 1. The highest BCUT2D eigenvalue weighted by Crippen LogP contribution is 2.34. The molecule has 3 aromatic rings. The molecule has 0 spiro atoms. The minimum atomic E-state index is -3.85. The first kappa shape index (κ1) is 21.3. The van der Waals surface area contributed by atoms with Gasteiger partial charge in [-0.25, -0.2) is 12.8 Å². The summed E-state index contributed by atoms with van der Waals surface area (Å²) in [6.07, 6.45) is 1.59. The van der Waals surface area contributed by atoms with Gasteiger partial charge in [-0.05, 0) is 72.5 Å². The monoisotopic (exact) mass is 458 g/mol. The molecule has 1 amide bonds. The lowest BCUT2D eigenvalue weighted by Gasteiger charge is -2.31. The maximum Gasteiger partial charge on any atom is 0.264 e. The summed E-state index contributed by atoms with van der Waals surface area (Å²) in [6.45, 7) is 0.314. The number of halogens is 2. The molecular formula is C23H20ClFN2O3S. The van der Waals surface area contributed by atoms with E-state index in [-0.39, 0.29) is 17.2 Å². The molecule has 0 unspecified atom stereocenters. The molecule has 0 aromatic heterocycles. The van der Waals surface area contributed by atoms with Gasteiger partial charge in [-0.15, -0.1) is 0 Å². The molecule has 1 N–H and O–H groups in total. The van der Waals surface area contributed by atoms with Crippen LogP contribution in [0.4, 0.5) is 15.8 Å². The highest BCUT2D eigenvalue weighted by Gasteiger charge is 2.29. The van der Waals surface area contributed by atoms with Gasteiger partial charge in [0.25, 0.3) is 10.0 Å². The summed E-state index contributed by atoms with van der Waals surface area (Å²) in [4.78, 5) is 12.5. The van der Waals surface area contributed by atoms with Crippen LogP contribution in [0.15, 0.2) is 71.6 Å². The molecule has 31 heavy (non-hydrogen) atoms. The fraction of sp³-hybridized carbons (Fsp3) is 0.174. The Labute approximate surface area is 185 Å². The van der Waals surface area contributed by atoms with Crippen molar-refractivity contribution in [3.05, 3.63) is 88.7 Å². The third-order valence-electron chi connectivity index (χ3n) is 5.12. The molecule has 160 valence electrons. The zero-order chi connectivity index (χ0) is 22.0. The van der Waals surface area contributed by atoms with E-state index >= 15 is 0 Å². The molecule has 0 bridgehead atoms. The first-order chi connectivity index (χ1) is 14.8. The number of hydrogen-bond acceptors (Lipinski definition) is 3. The number of aryl methyl sites for hydroxylation is 1. The van der Waals surface area contributed by atoms with Gasteiger partial charge >= 0.3 is 0 Å². The maximum absolute atomic E-state index is 13.3. The Kier molecular flexibility index (Phi) is 5.98. The van der Waals surface area contributed by atoms with Crippen LogP contribution in [0.5, 0.6) is 0 Å². The lowest BCUT2D eigenvalue weighted by Crippen LogP contribution is -2.35. The number of fused-ring (bicyclic) bond motifs is 1. The molecule has 1 aliphatic heterocycles. The van der Waals surface area contributed by atoms with Crippen molar-refractivity contribution in [1.29, 1.82) is 0 Å². The van der Waals surface area contributed by atoms with Gasteiger partial charge in [0.05, 0.1) is 17.0 Å². The van der Waals surface area contributed by atoms with E-state index in [4.69, 9.17) is 11.6 Å². The van der Waals surface area contributed by atoms with E-state index in [1.807, 2.05) is 6.07 Å². The number of sulfonamides is 1. The van der Waals surface area contributed by atoms with Crippen molar-refractivity contribution in [3.8, 4) is 0 Å². The van der Waals surface area contributed by atoms with E-state index in [0.717, 1.165) is 29.7 Å². The Morgan fingerprint density at radius 1 is 1.03 bits per heavy atom. The fourth-order valence-electron chi connectivity index (χ4n) is 3.60. The van der Waals surface area contributed by atoms with Gasteiger partial charge in [0.1, 0.15) is 5.82 Å². The number of nitrogens with one attached hydrogen (secondary N) is 1. The van der Waals surface area contributed by atoms with Gasteiger partial charge in [0, 0.05) is 17.3 Å². The fourth-order valence-corrected chi connectivity index (χ4v) is 5.25. The number of carbonyl (C=O) groups is 1. The third-order valence-corrected chi connectivity index (χ3v) is 7.20. The molecule has 0 atom stereocenters. The standard InChI is InChI=1S/C23H20ClFN2O3S/c24-18-6-3-16(4-7-18)14-23(28)26-20-10-5-17-2-1-13-27(22(17)15-20)31(29,30)21-11-8-19(25)9-12-21/h3-12,15H,1-2,13-14H2,(H,26,28). The molecule has 0 fully saturated rings. The van der Waals surface area contributed by atoms with Gasteiger partial charge in [0.15, 0.2) is 0 Å². The Morgan fingerprint density at radius 3 is 2.45 bits per heavy atom. The summed E-state index contributed by atoms with van der Waals surface area (Å²) in [5, 5.41) is 3.43. The minimum Gasteiger partial charge on any atom is -0.326 e. The van der Waals surface area contributed by atoms with Crippen LogP contribution in [0.1, 0.15) is 17.5 Å². The summed E-state index contributed by atoms with van der Waals surface area (Å²) in [7, 11) is -3.85. The number of amides is 1. The van der Waals surface area contributed by atoms with E-state index in [9.17, 15) is 17.6 Å². The molecular weight excluding hydrogens is 439 g/mol. The second kappa shape index (κ2) is 8.69. The molecule has 5 nitrogen and oxygen atoms in total. The normalized spacial score (nSPS) is 13.5. The minimum absolute atomic E-state index is 0.0268. The molecule has 1 heterocycles. The molecule has 0 aliphatic carbocycles. The number of rotatable bonds is 5. The van der Waals surface area contributed by atoms with E-state index in [1.54, 1.807) is 36.4 Å². The SMILES string of the molecule is O=C(Cc1ccc(Cl)cc1)Nc1ccc2c(c1)N(S(=O)(=O)c1ccc(F)cc1)CCC2. The number of nitrogens with zero attached hydrogens (tertiary/aromatic N) is 1. The molecule has 3 aromatic carbocycles. The molecule has 4 rings (SSSR count). The average molecular weight is 459 g/mol. The zero-order valence-electron chi connectivity index (χ0n) is 16.5. The first-order valence-electron chi connectivity index (χ1n) is 9.78. The van der Waals surface area contributed by atoms with Crippen LogP contribution in [0.2, 0.25) is 5.02 Å². The van der Waals surface area contributed by atoms with E-state index in [2.05, 4.69) is 5.32 Å². The summed E-state index contributed by atoms with van der Waals surface area (Å²) >= 11 is 5.87. The van der Waals surface area contributed by atoms with Crippen LogP contribution in [-0.2, 0) is 27.7 Å². The second-order valence-electron chi connectivity index (χ2n) is 7.33. The Bertz CT molecular complexity index is 1210. The smallest absolute Gasteiger partial charge is 0.264 e. The predicted octanol–water partition coefficient (Wildman–Crippen LogP) is 4.80. The largest absolute Gasteiger partial charge is 0.326 e. The Balaban J connectivity index is 1.58. The van der Waals surface area contributed by atoms with Gasteiger partial charge in [-0.3, -0.25) is 9.10 Å². The van der Waals surface area contributed by atoms with Crippen molar-refractivity contribution in [2.75, 3.05) is 16.2 Å². The van der Waals surface area contributed by atoms with E-state index in [1.165, 1.54) is 16.4 Å². The van der Waals surface area contributed by atoms with E-state index in [0.29, 0.717) is 29.4 Å². The predicted molar refractivity (Wildman–Crippen MR) is 119 cm³/mol. The summed E-state index contributed by atoms with van der Waals surface area (Å²) in [5.41, 5.74) is 2.74.